The summed E-state index contributed by atoms with van der Waals surface area (Å²) in [6, 6.07) is 0.112. The number of ether oxygens (including phenoxy) is 2. The average Bonchev–Trinajstić information content (AvgIpc) is 3.25. The van der Waals surface area contributed by atoms with Crippen molar-refractivity contribution in [2.75, 3.05) is 39.5 Å². The van der Waals surface area contributed by atoms with Crippen LogP contribution in [0.2, 0.25) is 0 Å². The molecule has 1 aliphatic carbocycles. The second-order valence-corrected chi connectivity index (χ2v) is 7.38. The molecule has 0 radical (unpaired) electrons. The zero-order valence-corrected chi connectivity index (χ0v) is 16.2. The van der Waals surface area contributed by atoms with E-state index in [9.17, 15) is 9.59 Å². The number of fused-ring (bicyclic) bond motifs is 1. The van der Waals surface area contributed by atoms with Gasteiger partial charge in [0, 0.05) is 32.7 Å². The molecule has 3 heterocycles. The molecule has 0 atom stereocenters. The highest BCUT2D eigenvalue weighted by Gasteiger charge is 2.24. The van der Waals surface area contributed by atoms with Crippen LogP contribution in [0.25, 0.3) is 11.2 Å². The van der Waals surface area contributed by atoms with Gasteiger partial charge in [0.15, 0.2) is 11.2 Å². The highest BCUT2D eigenvalue weighted by atomic mass is 16.5. The number of aromatic nitrogens is 5. The first kappa shape index (κ1) is 19.0. The molecule has 1 saturated heterocycles. The fourth-order valence-corrected chi connectivity index (χ4v) is 3.94. The molecule has 0 spiro atoms. The Morgan fingerprint density at radius 3 is 2.64 bits per heavy atom. The maximum atomic E-state index is 12.6. The van der Waals surface area contributed by atoms with Crippen LogP contribution in [0.3, 0.4) is 0 Å². The van der Waals surface area contributed by atoms with E-state index in [4.69, 9.17) is 9.47 Å². The van der Waals surface area contributed by atoms with E-state index in [1.54, 1.807) is 4.57 Å². The smallest absolute Gasteiger partial charge is 0.336 e. The molecule has 10 heteroatoms. The molecule has 0 aromatic carbocycles. The van der Waals surface area contributed by atoms with Crippen molar-refractivity contribution in [3.8, 4) is 6.01 Å². The van der Waals surface area contributed by atoms with Gasteiger partial charge in [-0.05, 0) is 19.3 Å². The molecule has 2 aromatic rings. The fourth-order valence-electron chi connectivity index (χ4n) is 3.94. The lowest BCUT2D eigenvalue weighted by molar-refractivity contribution is 0.0356. The summed E-state index contributed by atoms with van der Waals surface area (Å²) >= 11 is 0. The summed E-state index contributed by atoms with van der Waals surface area (Å²) in [6.45, 7) is 4.75. The highest BCUT2D eigenvalue weighted by Crippen LogP contribution is 2.29. The van der Waals surface area contributed by atoms with Crippen LogP contribution in [-0.4, -0.2) is 68.7 Å². The van der Waals surface area contributed by atoms with Gasteiger partial charge in [0.05, 0.1) is 19.8 Å². The van der Waals surface area contributed by atoms with E-state index >= 15 is 0 Å². The minimum Gasteiger partial charge on any atom is -0.462 e. The Hall–Kier alpha value is -2.33. The number of hydrogen-bond donors (Lipinski definition) is 0. The molecular formula is C18H26N6O4. The Kier molecular flexibility index (Phi) is 5.67. The number of hydrogen-bond acceptors (Lipinski definition) is 8. The molecule has 1 aliphatic heterocycles. The number of morpholine rings is 1. The molecule has 2 fully saturated rings. The summed E-state index contributed by atoms with van der Waals surface area (Å²) in [4.78, 5) is 31.8. The highest BCUT2D eigenvalue weighted by molar-refractivity contribution is 5.68. The lowest BCUT2D eigenvalue weighted by Crippen LogP contribution is -2.40. The van der Waals surface area contributed by atoms with Gasteiger partial charge in [-0.3, -0.25) is 18.8 Å². The zero-order valence-electron chi connectivity index (χ0n) is 16.2. The van der Waals surface area contributed by atoms with Crippen molar-refractivity contribution >= 4 is 11.2 Å². The molecule has 0 amide bonds. The third kappa shape index (κ3) is 3.79. The standard InChI is InChI=1S/C18H26N6O4/c1-22-16(25)14-15(24(18(22)26)13-5-2-3-6-13)20-21-17(19-14)28-10-4-7-23-8-11-27-12-9-23/h13H,2-12H2,1H3. The van der Waals surface area contributed by atoms with Crippen LogP contribution in [0, 0.1) is 0 Å². The Bertz CT molecular complexity index is 943. The van der Waals surface area contributed by atoms with Gasteiger partial charge in [0.2, 0.25) is 0 Å². The predicted octanol–water partition coefficient (Wildman–Crippen LogP) is 0.101. The molecule has 4 rings (SSSR count). The molecule has 152 valence electrons. The summed E-state index contributed by atoms with van der Waals surface area (Å²) in [5.41, 5.74) is -0.449. The van der Waals surface area contributed by atoms with Crippen LogP contribution in [0.5, 0.6) is 6.01 Å². The van der Waals surface area contributed by atoms with Crippen molar-refractivity contribution in [1.82, 2.24) is 29.2 Å². The van der Waals surface area contributed by atoms with Gasteiger partial charge in [-0.1, -0.05) is 17.9 Å². The quantitative estimate of drug-likeness (QED) is 0.640. The van der Waals surface area contributed by atoms with E-state index < -0.39 is 5.56 Å². The van der Waals surface area contributed by atoms with E-state index in [0.29, 0.717) is 6.61 Å². The minimum absolute atomic E-state index is 0.0400. The van der Waals surface area contributed by atoms with Gasteiger partial charge >= 0.3 is 11.7 Å². The van der Waals surface area contributed by atoms with Crippen LogP contribution in [-0.2, 0) is 11.8 Å². The number of nitrogens with zero attached hydrogens (tertiary/aromatic N) is 6. The van der Waals surface area contributed by atoms with Crippen LogP contribution in [0.4, 0.5) is 0 Å². The van der Waals surface area contributed by atoms with E-state index in [1.807, 2.05) is 0 Å². The van der Waals surface area contributed by atoms with Crippen molar-refractivity contribution in [2.24, 2.45) is 7.05 Å². The van der Waals surface area contributed by atoms with Crippen LogP contribution in [0.1, 0.15) is 38.1 Å². The Labute approximate surface area is 162 Å². The molecule has 1 saturated carbocycles. The third-order valence-corrected chi connectivity index (χ3v) is 5.52. The topological polar surface area (TPSA) is 104 Å². The summed E-state index contributed by atoms with van der Waals surface area (Å²) in [6.07, 6.45) is 4.74. The van der Waals surface area contributed by atoms with Crippen LogP contribution < -0.4 is 16.0 Å². The van der Waals surface area contributed by atoms with Crippen molar-refractivity contribution in [1.29, 1.82) is 0 Å². The summed E-state index contributed by atoms with van der Waals surface area (Å²) < 4.78 is 13.6. The Balaban J connectivity index is 1.51. The van der Waals surface area contributed by atoms with Crippen molar-refractivity contribution in [2.45, 2.75) is 38.1 Å². The third-order valence-electron chi connectivity index (χ3n) is 5.52. The van der Waals surface area contributed by atoms with E-state index in [1.165, 1.54) is 7.05 Å². The zero-order chi connectivity index (χ0) is 19.5. The second-order valence-electron chi connectivity index (χ2n) is 7.38. The summed E-state index contributed by atoms with van der Waals surface area (Å²) in [7, 11) is 1.47. The summed E-state index contributed by atoms with van der Waals surface area (Å²) in [5.74, 6) is 0. The molecule has 0 unspecified atom stereocenters. The minimum atomic E-state index is -0.470. The SMILES string of the molecule is Cn1c(=O)c2nc(OCCCN3CCOCC3)nnc2n(C2CCCC2)c1=O. The normalized spacial score (nSPS) is 18.8. The maximum Gasteiger partial charge on any atom is 0.336 e. The molecule has 0 N–H and O–H groups in total. The van der Waals surface area contributed by atoms with E-state index in [2.05, 4.69) is 20.1 Å². The molecule has 10 nitrogen and oxygen atoms in total. The molecule has 28 heavy (non-hydrogen) atoms. The first-order valence-electron chi connectivity index (χ1n) is 9.94. The van der Waals surface area contributed by atoms with Gasteiger partial charge in [0.25, 0.3) is 5.56 Å². The first-order chi connectivity index (χ1) is 13.6. The van der Waals surface area contributed by atoms with E-state index in [0.717, 1.165) is 69.5 Å². The van der Waals surface area contributed by atoms with Crippen LogP contribution >= 0.6 is 0 Å². The average molecular weight is 390 g/mol. The second kappa shape index (κ2) is 8.36. The maximum absolute atomic E-state index is 12.6. The first-order valence-corrected chi connectivity index (χ1v) is 9.94. The fraction of sp³-hybridized carbons (Fsp3) is 0.722. The lowest BCUT2D eigenvalue weighted by Gasteiger charge is -2.26. The Morgan fingerprint density at radius 2 is 1.89 bits per heavy atom. The lowest BCUT2D eigenvalue weighted by atomic mass is 10.2. The van der Waals surface area contributed by atoms with Gasteiger partial charge in [0.1, 0.15) is 0 Å². The molecule has 0 bridgehead atoms. The van der Waals surface area contributed by atoms with Crippen molar-refractivity contribution < 1.29 is 9.47 Å². The van der Waals surface area contributed by atoms with Gasteiger partial charge < -0.3 is 9.47 Å². The monoisotopic (exact) mass is 390 g/mol. The predicted molar refractivity (Wildman–Crippen MR) is 102 cm³/mol. The molecular weight excluding hydrogens is 364 g/mol. The molecule has 2 aliphatic rings. The Morgan fingerprint density at radius 1 is 1.14 bits per heavy atom. The molecule has 2 aromatic heterocycles. The van der Waals surface area contributed by atoms with Gasteiger partial charge in [-0.25, -0.2) is 4.79 Å². The van der Waals surface area contributed by atoms with Crippen molar-refractivity contribution in [3.63, 3.8) is 0 Å². The van der Waals surface area contributed by atoms with Gasteiger partial charge in [-0.2, -0.15) is 4.98 Å². The van der Waals surface area contributed by atoms with Crippen molar-refractivity contribution in [3.05, 3.63) is 20.8 Å². The van der Waals surface area contributed by atoms with E-state index in [-0.39, 0.29) is 28.9 Å². The number of rotatable bonds is 6. The van der Waals surface area contributed by atoms with Crippen LogP contribution in [0.15, 0.2) is 9.59 Å². The largest absolute Gasteiger partial charge is 0.462 e. The van der Waals surface area contributed by atoms with Gasteiger partial charge in [-0.15, -0.1) is 5.10 Å². The summed E-state index contributed by atoms with van der Waals surface area (Å²) in [5, 5.41) is 8.15.